The predicted octanol–water partition coefficient (Wildman–Crippen LogP) is 5.62. The number of hydrogen-bond donors (Lipinski definition) is 2. The number of benzene rings is 2. The van der Waals surface area contributed by atoms with Gasteiger partial charge in [0.25, 0.3) is 11.5 Å². The molecule has 1 amide bonds. The largest absolute Gasteiger partial charge is 0.453 e. The molecule has 3 heterocycles. The van der Waals surface area contributed by atoms with E-state index < -0.39 is 34.7 Å². The molecule has 12 heteroatoms. The number of aromatic nitrogens is 4. The van der Waals surface area contributed by atoms with Crippen LogP contribution < -0.4 is 15.6 Å². The average Bonchev–Trinajstić information content (AvgIpc) is 3.35. The molecule has 0 unspecified atom stereocenters. The van der Waals surface area contributed by atoms with Gasteiger partial charge in [-0.05, 0) is 48.9 Å². The van der Waals surface area contributed by atoms with Crippen LogP contribution in [0, 0.1) is 12.7 Å². The van der Waals surface area contributed by atoms with Crippen molar-refractivity contribution in [1.82, 2.24) is 19.7 Å². The highest BCUT2D eigenvalue weighted by Crippen LogP contribution is 2.33. The number of nitrogens with one attached hydrogen (secondary N) is 2. The number of nitrogens with zero attached hydrogens (tertiary/aromatic N) is 3. The molecule has 3 aromatic heterocycles. The number of aryl methyl sites for hydroxylation is 1. The lowest BCUT2D eigenvalue weighted by Crippen LogP contribution is -2.28. The molecule has 2 N–H and O–H groups in total. The molecule has 0 bridgehead atoms. The quantitative estimate of drug-likeness (QED) is 0.291. The Morgan fingerprint density at radius 2 is 1.84 bits per heavy atom. The molecule has 5 rings (SSSR count). The number of pyridine rings is 1. The molecule has 2 aromatic carbocycles. The Morgan fingerprint density at radius 3 is 2.61 bits per heavy atom. The number of anilines is 1. The van der Waals surface area contributed by atoms with Crippen molar-refractivity contribution >= 4 is 22.6 Å². The van der Waals surface area contributed by atoms with Crippen LogP contribution in [-0.2, 0) is 6.18 Å². The van der Waals surface area contributed by atoms with E-state index in [1.165, 1.54) is 37.4 Å². The van der Waals surface area contributed by atoms with Gasteiger partial charge in [-0.25, -0.2) is 9.37 Å². The predicted molar refractivity (Wildman–Crippen MR) is 130 cm³/mol. The lowest BCUT2D eigenvalue weighted by atomic mass is 10.1. The average molecular weight is 523 g/mol. The summed E-state index contributed by atoms with van der Waals surface area (Å²) in [6.07, 6.45) is -1.58. The minimum absolute atomic E-state index is 0.0380. The number of H-pyrrole nitrogens is 1. The van der Waals surface area contributed by atoms with Crippen LogP contribution >= 0.6 is 0 Å². The van der Waals surface area contributed by atoms with Crippen LogP contribution in [0.1, 0.15) is 21.6 Å². The first-order chi connectivity index (χ1) is 18.1. The Balaban J connectivity index is 1.42. The normalized spacial score (nSPS) is 11.5. The van der Waals surface area contributed by atoms with Gasteiger partial charge in [0.15, 0.2) is 17.3 Å². The van der Waals surface area contributed by atoms with Crippen LogP contribution in [0.15, 0.2) is 77.9 Å². The van der Waals surface area contributed by atoms with Gasteiger partial charge in [-0.15, -0.1) is 0 Å². The van der Waals surface area contributed by atoms with E-state index >= 15 is 0 Å². The second kappa shape index (κ2) is 9.47. The van der Waals surface area contributed by atoms with Crippen LogP contribution in [0.3, 0.4) is 0 Å². The van der Waals surface area contributed by atoms with E-state index in [0.29, 0.717) is 21.5 Å². The lowest BCUT2D eigenvalue weighted by molar-refractivity contribution is -0.137. The Bertz CT molecular complexity index is 1740. The first-order valence-electron chi connectivity index (χ1n) is 11.1. The van der Waals surface area contributed by atoms with Crippen molar-refractivity contribution in [2.75, 3.05) is 5.32 Å². The first-order valence-corrected chi connectivity index (χ1v) is 11.1. The van der Waals surface area contributed by atoms with E-state index in [2.05, 4.69) is 20.4 Å². The van der Waals surface area contributed by atoms with E-state index in [4.69, 9.17) is 4.74 Å². The molecule has 0 fully saturated rings. The molecule has 0 spiro atoms. The van der Waals surface area contributed by atoms with Crippen LogP contribution in [0.5, 0.6) is 11.5 Å². The van der Waals surface area contributed by atoms with Crippen molar-refractivity contribution in [3.05, 3.63) is 106 Å². The standard InChI is InChI=1S/C26H17F4N5O3/c1-14-12-22(36)35(19-5-3-2-4-17(19)26(28,29)30)34-23(14)25(37)33-15-6-7-21(18(27)13-15)38-20-9-11-32-24-16(20)8-10-31-24/h2-13H,1H3,(H,31,32)(H,33,37). The summed E-state index contributed by atoms with van der Waals surface area (Å²) < 4.78 is 61.5. The van der Waals surface area contributed by atoms with Gasteiger partial charge in [-0.1, -0.05) is 12.1 Å². The first kappa shape index (κ1) is 24.7. The molecule has 0 radical (unpaired) electrons. The number of ether oxygens (including phenoxy) is 1. The van der Waals surface area contributed by atoms with Crippen LogP contribution in [0.25, 0.3) is 16.7 Å². The summed E-state index contributed by atoms with van der Waals surface area (Å²) in [7, 11) is 0. The maximum atomic E-state index is 14.8. The zero-order chi connectivity index (χ0) is 27.0. The van der Waals surface area contributed by atoms with Gasteiger partial charge in [-0.3, -0.25) is 9.59 Å². The number of amides is 1. The van der Waals surface area contributed by atoms with E-state index in [0.717, 1.165) is 24.3 Å². The number of carbonyl (C=O) groups excluding carboxylic acids is 1. The monoisotopic (exact) mass is 523 g/mol. The number of rotatable bonds is 5. The van der Waals surface area contributed by atoms with E-state index in [1.807, 2.05) is 0 Å². The van der Waals surface area contributed by atoms with E-state index in [1.54, 1.807) is 18.3 Å². The molecular formula is C26H17F4N5O3. The third-order valence-corrected chi connectivity index (χ3v) is 5.60. The maximum Gasteiger partial charge on any atom is 0.418 e. The molecule has 0 saturated heterocycles. The Kier molecular flexibility index (Phi) is 6.15. The molecule has 38 heavy (non-hydrogen) atoms. The number of aromatic amines is 1. The van der Waals surface area contributed by atoms with Crippen molar-refractivity contribution in [1.29, 1.82) is 0 Å². The molecule has 0 atom stereocenters. The smallest absolute Gasteiger partial charge is 0.418 e. The number of fused-ring (bicyclic) bond motifs is 1. The maximum absolute atomic E-state index is 14.8. The fourth-order valence-corrected chi connectivity index (χ4v) is 3.83. The Labute approximate surface area is 211 Å². The van der Waals surface area contributed by atoms with Crippen molar-refractivity contribution in [2.24, 2.45) is 0 Å². The molecule has 8 nitrogen and oxygen atoms in total. The van der Waals surface area contributed by atoms with Gasteiger partial charge >= 0.3 is 6.18 Å². The summed E-state index contributed by atoms with van der Waals surface area (Å²) in [6, 6.07) is 12.4. The van der Waals surface area contributed by atoms with Gasteiger partial charge in [0.2, 0.25) is 0 Å². The summed E-state index contributed by atoms with van der Waals surface area (Å²) in [5, 5.41) is 6.99. The summed E-state index contributed by atoms with van der Waals surface area (Å²) in [5.74, 6) is -1.37. The zero-order valence-corrected chi connectivity index (χ0v) is 19.5. The van der Waals surface area contributed by atoms with Gasteiger partial charge < -0.3 is 15.0 Å². The summed E-state index contributed by atoms with van der Waals surface area (Å²) in [5.41, 5.74) is -2.05. The lowest BCUT2D eigenvalue weighted by Gasteiger charge is -2.15. The minimum atomic E-state index is -4.75. The van der Waals surface area contributed by atoms with Gasteiger partial charge in [0.1, 0.15) is 11.4 Å². The third kappa shape index (κ3) is 4.71. The topological polar surface area (TPSA) is 102 Å². The number of para-hydroxylation sites is 1. The SMILES string of the molecule is Cc1cc(=O)n(-c2ccccc2C(F)(F)F)nc1C(=O)Nc1ccc(Oc2ccnc3[nH]ccc23)c(F)c1. The number of carbonyl (C=O) groups is 1. The third-order valence-electron chi connectivity index (χ3n) is 5.60. The van der Waals surface area contributed by atoms with Gasteiger partial charge in [0.05, 0.1) is 16.6 Å². The minimum Gasteiger partial charge on any atom is -0.453 e. The molecule has 192 valence electrons. The number of hydrogen-bond acceptors (Lipinski definition) is 5. The number of halogens is 4. The van der Waals surface area contributed by atoms with Crippen LogP contribution in [0.4, 0.5) is 23.2 Å². The molecule has 0 aliphatic carbocycles. The molecule has 0 saturated carbocycles. The van der Waals surface area contributed by atoms with Crippen LogP contribution in [-0.4, -0.2) is 25.7 Å². The number of alkyl halides is 3. The fraction of sp³-hybridized carbons (Fsp3) is 0.0769. The molecule has 0 aliphatic heterocycles. The van der Waals surface area contributed by atoms with Crippen LogP contribution in [0.2, 0.25) is 0 Å². The van der Waals surface area contributed by atoms with Crippen molar-refractivity contribution in [2.45, 2.75) is 13.1 Å². The van der Waals surface area contributed by atoms with E-state index in [9.17, 15) is 27.2 Å². The van der Waals surface area contributed by atoms with Crippen molar-refractivity contribution in [3.63, 3.8) is 0 Å². The highest BCUT2D eigenvalue weighted by Gasteiger charge is 2.34. The van der Waals surface area contributed by atoms with E-state index in [-0.39, 0.29) is 22.7 Å². The van der Waals surface area contributed by atoms with Crippen molar-refractivity contribution < 1.29 is 27.1 Å². The highest BCUT2D eigenvalue weighted by molar-refractivity contribution is 6.03. The second-order valence-corrected chi connectivity index (χ2v) is 8.19. The highest BCUT2D eigenvalue weighted by atomic mass is 19.4. The van der Waals surface area contributed by atoms with Gasteiger partial charge in [0, 0.05) is 30.2 Å². The molecule has 5 aromatic rings. The zero-order valence-electron chi connectivity index (χ0n) is 19.5. The Hall–Kier alpha value is -5.00. The fourth-order valence-electron chi connectivity index (χ4n) is 3.83. The summed E-state index contributed by atoms with van der Waals surface area (Å²) in [6.45, 7) is 1.41. The molecule has 0 aliphatic rings. The van der Waals surface area contributed by atoms with Gasteiger partial charge in [-0.2, -0.15) is 23.0 Å². The summed E-state index contributed by atoms with van der Waals surface area (Å²) in [4.78, 5) is 32.5. The second-order valence-electron chi connectivity index (χ2n) is 8.19. The summed E-state index contributed by atoms with van der Waals surface area (Å²) >= 11 is 0. The van der Waals surface area contributed by atoms with Crippen molar-refractivity contribution in [3.8, 4) is 17.2 Å². The molecular weight excluding hydrogens is 506 g/mol. The Morgan fingerprint density at radius 1 is 1.05 bits per heavy atom.